The second-order valence-corrected chi connectivity index (χ2v) is 11.7. The number of nitrogens with one attached hydrogen (secondary N) is 1. The normalized spacial score (nSPS) is 46.8. The van der Waals surface area contributed by atoms with E-state index in [0.29, 0.717) is 18.6 Å². The molecule has 0 unspecified atom stereocenters. The van der Waals surface area contributed by atoms with E-state index >= 15 is 0 Å². The molecule has 5 nitrogen and oxygen atoms in total. The molecule has 30 heavy (non-hydrogen) atoms. The van der Waals surface area contributed by atoms with E-state index in [0.717, 1.165) is 31.4 Å². The zero-order valence-electron chi connectivity index (χ0n) is 21.3. The van der Waals surface area contributed by atoms with Gasteiger partial charge in [-0.3, -0.25) is 0 Å². The quantitative estimate of drug-likeness (QED) is 0.690. The Morgan fingerprint density at radius 1 is 1.23 bits per heavy atom. The number of phenols is 1. The molecule has 1 saturated heterocycles. The highest BCUT2D eigenvalue weighted by molar-refractivity contribution is 5.63. The molecule has 5 heteroatoms. The number of methoxy groups -OCH3 is 1. The van der Waals surface area contributed by atoms with E-state index in [-0.39, 0.29) is 17.2 Å². The summed E-state index contributed by atoms with van der Waals surface area (Å²) >= 11 is 0. The van der Waals surface area contributed by atoms with Gasteiger partial charge in [0.25, 0.3) is 0 Å². The van der Waals surface area contributed by atoms with Crippen LogP contribution in [0.15, 0.2) is 12.1 Å². The average Bonchev–Trinajstić information content (AvgIpc) is 3.04. The fraction of sp³-hybridized carbons (Fsp3) is 0.760. The average molecular weight is 417 g/mol. The van der Waals surface area contributed by atoms with Crippen LogP contribution >= 0.6 is 0 Å². The zero-order chi connectivity index (χ0) is 23.8. The van der Waals surface area contributed by atoms with Gasteiger partial charge in [0.15, 0.2) is 11.5 Å². The van der Waals surface area contributed by atoms with E-state index in [2.05, 4.69) is 5.32 Å². The van der Waals surface area contributed by atoms with Gasteiger partial charge in [0.05, 0.1) is 9.71 Å². The van der Waals surface area contributed by atoms with Crippen molar-refractivity contribution in [2.24, 2.45) is 16.7 Å². The lowest BCUT2D eigenvalue weighted by Crippen LogP contribution is -2.83. The fourth-order valence-electron chi connectivity index (χ4n) is 8.35. The highest BCUT2D eigenvalue weighted by atomic mass is 16.6. The van der Waals surface area contributed by atoms with Crippen molar-refractivity contribution < 1.29 is 23.8 Å². The Morgan fingerprint density at radius 2 is 2.03 bits per heavy atom. The summed E-state index contributed by atoms with van der Waals surface area (Å²) in [6.45, 7) is 8.65. The van der Waals surface area contributed by atoms with E-state index < -0.39 is 41.1 Å². The molecule has 0 aromatic heterocycles. The largest absolute Gasteiger partial charge is 0.504 e. The van der Waals surface area contributed by atoms with Crippen LogP contribution in [0.1, 0.15) is 68.6 Å². The van der Waals surface area contributed by atoms with Gasteiger partial charge in [-0.1, -0.05) is 26.8 Å². The van der Waals surface area contributed by atoms with Gasteiger partial charge in [-0.05, 0) is 62.6 Å². The molecule has 7 rings (SSSR count). The topological polar surface area (TPSA) is 71.0 Å². The minimum Gasteiger partial charge on any atom is -0.504 e. The Morgan fingerprint density at radius 3 is 2.77 bits per heavy atom. The molecule has 1 aromatic carbocycles. The molecule has 1 aromatic rings. The predicted octanol–water partition coefficient (Wildman–Crippen LogP) is 3.29. The highest BCUT2D eigenvalue weighted by Crippen LogP contribution is 2.77. The first-order valence-electron chi connectivity index (χ1n) is 12.9. The molecule has 3 saturated carbocycles. The number of hydrogen-bond donors (Lipinski definition) is 3. The summed E-state index contributed by atoms with van der Waals surface area (Å²) in [4.78, 5) is 0. The van der Waals surface area contributed by atoms with Crippen LogP contribution in [0.4, 0.5) is 0 Å². The summed E-state index contributed by atoms with van der Waals surface area (Å²) in [6, 6.07) is 3.90. The SMILES string of the molecule is [2H]C([2H])([2H])O[C@]12CC[C@@]3(C[C@@H]1[C@](C)(O)C(C)(C)C)[C@H]1Cc4ccc(O)c5c4[C@@]3(CCN1)[C@H]2O5. The Bertz CT molecular complexity index is 1030. The van der Waals surface area contributed by atoms with Crippen molar-refractivity contribution in [2.75, 3.05) is 13.6 Å². The third-order valence-electron chi connectivity index (χ3n) is 10.2. The molecule has 2 aliphatic heterocycles. The molecule has 0 amide bonds. The minimum absolute atomic E-state index is 0.104. The van der Waals surface area contributed by atoms with Crippen LogP contribution in [-0.4, -0.2) is 47.1 Å². The molecule has 6 aliphatic rings. The van der Waals surface area contributed by atoms with E-state index in [1.807, 2.05) is 33.8 Å². The van der Waals surface area contributed by atoms with Crippen molar-refractivity contribution in [1.82, 2.24) is 5.32 Å². The number of phenolic OH excluding ortho intramolecular Hbond substituents is 1. The molecule has 3 N–H and O–H groups in total. The van der Waals surface area contributed by atoms with Gasteiger partial charge in [-0.2, -0.15) is 0 Å². The molecular formula is C25H35NO4. The van der Waals surface area contributed by atoms with E-state index in [4.69, 9.17) is 13.6 Å². The Balaban J connectivity index is 1.65. The van der Waals surface area contributed by atoms with E-state index in [1.54, 1.807) is 6.07 Å². The van der Waals surface area contributed by atoms with Crippen LogP contribution < -0.4 is 10.1 Å². The first-order chi connectivity index (χ1) is 15.2. The van der Waals surface area contributed by atoms with Crippen LogP contribution in [0, 0.1) is 16.7 Å². The standard InChI is InChI=1S/C25H35NO4/c1-21(2,3)22(4,28)16-13-23-8-9-25(16,29-5)20-24(23)10-11-26-17(23)12-14-6-7-15(27)19(30-20)18(14)24/h6-7,16-17,20,26-28H,8-13H2,1-5H3/t16-,17-,20-,22+,23-,24+,25-/m1/s1/i5D3. The van der Waals surface area contributed by atoms with Gasteiger partial charge < -0.3 is 25.0 Å². The van der Waals surface area contributed by atoms with Gasteiger partial charge in [-0.15, -0.1) is 0 Å². The van der Waals surface area contributed by atoms with E-state index in [9.17, 15) is 10.2 Å². The van der Waals surface area contributed by atoms with Crippen molar-refractivity contribution in [3.63, 3.8) is 0 Å². The predicted molar refractivity (Wildman–Crippen MR) is 114 cm³/mol. The maximum atomic E-state index is 12.0. The lowest BCUT2D eigenvalue weighted by atomic mass is 9.33. The third kappa shape index (κ3) is 1.77. The van der Waals surface area contributed by atoms with Gasteiger partial charge >= 0.3 is 0 Å². The van der Waals surface area contributed by atoms with Crippen LogP contribution in [0.5, 0.6) is 11.5 Å². The first-order valence-corrected chi connectivity index (χ1v) is 11.4. The monoisotopic (exact) mass is 416 g/mol. The number of fused-ring (bicyclic) bond motifs is 2. The summed E-state index contributed by atoms with van der Waals surface area (Å²) in [5.74, 6) is 0.170. The van der Waals surface area contributed by atoms with Crippen molar-refractivity contribution in [3.05, 3.63) is 23.3 Å². The summed E-state index contributed by atoms with van der Waals surface area (Å²) < 4.78 is 37.1. The number of hydrogen-bond acceptors (Lipinski definition) is 5. The number of ether oxygens (including phenoxy) is 2. The van der Waals surface area contributed by atoms with Gasteiger partial charge in [-0.25, -0.2) is 0 Å². The number of aromatic hydroxyl groups is 1. The van der Waals surface area contributed by atoms with Crippen LogP contribution in [0.3, 0.4) is 0 Å². The van der Waals surface area contributed by atoms with Crippen LogP contribution in [0.25, 0.3) is 0 Å². The second kappa shape index (κ2) is 5.36. The first kappa shape index (κ1) is 16.3. The maximum absolute atomic E-state index is 12.0. The molecule has 2 spiro atoms. The Hall–Kier alpha value is -1.30. The van der Waals surface area contributed by atoms with Crippen molar-refractivity contribution >= 4 is 0 Å². The molecular weight excluding hydrogens is 378 g/mol. The summed E-state index contributed by atoms with van der Waals surface area (Å²) in [5, 5.41) is 26.7. The molecule has 7 atom stereocenters. The van der Waals surface area contributed by atoms with Crippen LogP contribution in [0.2, 0.25) is 0 Å². The number of aliphatic hydroxyl groups is 1. The summed E-state index contributed by atoms with van der Waals surface area (Å²) in [5.41, 5.74) is -1.27. The number of piperidine rings is 1. The lowest BCUT2D eigenvalue weighted by molar-refractivity contribution is -0.303. The Labute approximate surface area is 183 Å². The molecule has 4 fully saturated rings. The molecule has 2 heterocycles. The third-order valence-corrected chi connectivity index (χ3v) is 10.2. The lowest BCUT2D eigenvalue weighted by Gasteiger charge is -2.74. The molecule has 4 bridgehead atoms. The minimum atomic E-state index is -2.63. The zero-order valence-corrected chi connectivity index (χ0v) is 18.3. The molecule has 0 radical (unpaired) electrons. The van der Waals surface area contributed by atoms with Gasteiger partial charge in [0, 0.05) is 35.4 Å². The molecule has 164 valence electrons. The van der Waals surface area contributed by atoms with Crippen molar-refractivity contribution in [1.29, 1.82) is 0 Å². The summed E-state index contributed by atoms with van der Waals surface area (Å²) in [6.07, 6.45) is 3.06. The fourth-order valence-corrected chi connectivity index (χ4v) is 8.35. The van der Waals surface area contributed by atoms with Gasteiger partial charge in [0.1, 0.15) is 11.7 Å². The summed E-state index contributed by atoms with van der Waals surface area (Å²) in [7, 11) is -2.63. The second-order valence-electron chi connectivity index (χ2n) is 11.7. The van der Waals surface area contributed by atoms with Gasteiger partial charge in [0.2, 0.25) is 0 Å². The smallest absolute Gasteiger partial charge is 0.165 e. The number of benzene rings is 1. The molecule has 4 aliphatic carbocycles. The maximum Gasteiger partial charge on any atom is 0.165 e. The van der Waals surface area contributed by atoms with Crippen molar-refractivity contribution in [3.8, 4) is 11.5 Å². The number of rotatable bonds is 2. The highest BCUT2D eigenvalue weighted by Gasteiger charge is 2.81. The van der Waals surface area contributed by atoms with Crippen LogP contribution in [-0.2, 0) is 16.6 Å². The van der Waals surface area contributed by atoms with Crippen molar-refractivity contribution in [2.45, 2.75) is 88.6 Å². The Kier molecular flexibility index (Phi) is 2.92. The van der Waals surface area contributed by atoms with E-state index in [1.165, 1.54) is 5.56 Å².